The number of carbonyl (C=O) groups excluding carboxylic acids is 1. The van der Waals surface area contributed by atoms with E-state index in [1.807, 2.05) is 6.92 Å². The Labute approximate surface area is 130 Å². The van der Waals surface area contributed by atoms with Gasteiger partial charge in [-0.25, -0.2) is 9.48 Å². The summed E-state index contributed by atoms with van der Waals surface area (Å²) in [5.74, 6) is -0.500. The normalized spacial score (nSPS) is 10.5. The lowest BCUT2D eigenvalue weighted by atomic mass is 10.2. The molecule has 0 saturated carbocycles. The van der Waals surface area contributed by atoms with Crippen LogP contribution >= 0.6 is 11.6 Å². The molecule has 1 aromatic heterocycles. The first-order chi connectivity index (χ1) is 10.5. The maximum Gasteiger partial charge on any atom is 0.345 e. The fourth-order valence-corrected chi connectivity index (χ4v) is 1.92. The Hall–Kier alpha value is -2.55. The molecule has 0 atom stereocenters. The van der Waals surface area contributed by atoms with Gasteiger partial charge in [-0.2, -0.15) is 0 Å². The number of aryl methyl sites for hydroxylation is 1. The van der Waals surface area contributed by atoms with Crippen LogP contribution in [-0.2, 0) is 17.9 Å². The summed E-state index contributed by atoms with van der Waals surface area (Å²) in [7, 11) is 0. The van der Waals surface area contributed by atoms with Crippen LogP contribution in [0.3, 0.4) is 0 Å². The molecule has 1 aromatic carbocycles. The zero-order valence-corrected chi connectivity index (χ0v) is 12.4. The lowest BCUT2D eigenvalue weighted by molar-refractivity contribution is -0.385. The summed E-state index contributed by atoms with van der Waals surface area (Å²) in [6, 6.07) is 3.68. The van der Waals surface area contributed by atoms with Crippen LogP contribution in [0.4, 0.5) is 5.69 Å². The molecule has 116 valence electrons. The van der Waals surface area contributed by atoms with Crippen LogP contribution in [0, 0.1) is 10.1 Å². The summed E-state index contributed by atoms with van der Waals surface area (Å²) in [5, 5.41) is 22.1. The molecule has 0 saturated heterocycles. The summed E-state index contributed by atoms with van der Waals surface area (Å²) in [6.07, 6.45) is 0.811. The van der Waals surface area contributed by atoms with Crippen LogP contribution in [0.15, 0.2) is 18.2 Å². The Balaban J connectivity index is 2.14. The second-order valence-electron chi connectivity index (χ2n) is 4.31. The number of ether oxygens (including phenoxy) is 1. The van der Waals surface area contributed by atoms with Crippen LogP contribution < -0.4 is 0 Å². The van der Waals surface area contributed by atoms with Crippen molar-refractivity contribution in [2.75, 3.05) is 0 Å². The minimum absolute atomic E-state index is 0.185. The van der Waals surface area contributed by atoms with E-state index in [4.69, 9.17) is 16.3 Å². The number of carbonyl (C=O) groups is 1. The van der Waals surface area contributed by atoms with Crippen molar-refractivity contribution in [1.29, 1.82) is 0 Å². The van der Waals surface area contributed by atoms with E-state index in [0.717, 1.165) is 12.5 Å². The summed E-state index contributed by atoms with van der Waals surface area (Å²) in [5.41, 5.74) is -0.588. The minimum Gasteiger partial charge on any atom is -0.454 e. The zero-order valence-electron chi connectivity index (χ0n) is 11.6. The van der Waals surface area contributed by atoms with E-state index in [9.17, 15) is 14.9 Å². The average Bonchev–Trinajstić information content (AvgIpc) is 2.92. The molecule has 9 nitrogen and oxygen atoms in total. The number of benzene rings is 1. The minimum atomic E-state index is -0.861. The Morgan fingerprint density at radius 3 is 2.95 bits per heavy atom. The lowest BCUT2D eigenvalue weighted by Crippen LogP contribution is -2.12. The molecular weight excluding hydrogens is 314 g/mol. The van der Waals surface area contributed by atoms with Gasteiger partial charge in [-0.3, -0.25) is 10.1 Å². The Bertz CT molecular complexity index is 703. The number of nitro groups is 1. The first-order valence-electron chi connectivity index (χ1n) is 6.39. The van der Waals surface area contributed by atoms with E-state index in [2.05, 4.69) is 15.5 Å². The van der Waals surface area contributed by atoms with E-state index < -0.39 is 10.9 Å². The predicted molar refractivity (Wildman–Crippen MR) is 75.3 cm³/mol. The molecule has 0 spiro atoms. The number of tetrazole rings is 1. The lowest BCUT2D eigenvalue weighted by Gasteiger charge is -2.06. The molecule has 0 aliphatic heterocycles. The number of esters is 1. The van der Waals surface area contributed by atoms with Crippen LogP contribution in [-0.4, -0.2) is 31.1 Å². The van der Waals surface area contributed by atoms with Gasteiger partial charge >= 0.3 is 5.97 Å². The van der Waals surface area contributed by atoms with Crippen LogP contribution in [0.5, 0.6) is 0 Å². The van der Waals surface area contributed by atoms with Gasteiger partial charge in [0.15, 0.2) is 12.4 Å². The van der Waals surface area contributed by atoms with Crippen molar-refractivity contribution in [2.45, 2.75) is 26.5 Å². The first kappa shape index (κ1) is 15.8. The van der Waals surface area contributed by atoms with Gasteiger partial charge < -0.3 is 4.74 Å². The van der Waals surface area contributed by atoms with Gasteiger partial charge in [-0.15, -0.1) is 5.10 Å². The number of hydrogen-bond acceptors (Lipinski definition) is 7. The first-order valence-corrected chi connectivity index (χ1v) is 6.76. The van der Waals surface area contributed by atoms with Gasteiger partial charge in [0, 0.05) is 17.6 Å². The van der Waals surface area contributed by atoms with Crippen molar-refractivity contribution in [3.8, 4) is 0 Å². The average molecular weight is 326 g/mol. The summed E-state index contributed by atoms with van der Waals surface area (Å²) in [4.78, 5) is 22.3. The summed E-state index contributed by atoms with van der Waals surface area (Å²) in [6.45, 7) is 2.35. The van der Waals surface area contributed by atoms with Crippen LogP contribution in [0.25, 0.3) is 0 Å². The zero-order chi connectivity index (χ0) is 16.1. The van der Waals surface area contributed by atoms with Gasteiger partial charge in [0.1, 0.15) is 5.56 Å². The maximum absolute atomic E-state index is 12.0. The van der Waals surface area contributed by atoms with Crippen molar-refractivity contribution < 1.29 is 14.5 Å². The molecule has 22 heavy (non-hydrogen) atoms. The Morgan fingerprint density at radius 1 is 1.50 bits per heavy atom. The SMILES string of the molecule is CCCn1nnnc1COC(=O)c1cc(Cl)ccc1[N+](=O)[O-]. The summed E-state index contributed by atoms with van der Waals surface area (Å²) < 4.78 is 6.54. The molecule has 0 radical (unpaired) electrons. The van der Waals surface area contributed by atoms with Gasteiger partial charge in [-0.1, -0.05) is 18.5 Å². The highest BCUT2D eigenvalue weighted by Crippen LogP contribution is 2.23. The van der Waals surface area contributed by atoms with Gasteiger partial charge in [0.2, 0.25) is 0 Å². The largest absolute Gasteiger partial charge is 0.454 e. The molecule has 0 fully saturated rings. The quantitative estimate of drug-likeness (QED) is 0.453. The fraction of sp³-hybridized carbons (Fsp3) is 0.333. The summed E-state index contributed by atoms with van der Waals surface area (Å²) >= 11 is 5.76. The maximum atomic E-state index is 12.0. The second-order valence-corrected chi connectivity index (χ2v) is 4.75. The van der Waals surface area contributed by atoms with Crippen molar-refractivity contribution in [2.24, 2.45) is 0 Å². The second kappa shape index (κ2) is 6.94. The monoisotopic (exact) mass is 325 g/mol. The molecule has 2 rings (SSSR count). The molecule has 2 aromatic rings. The van der Waals surface area contributed by atoms with E-state index in [-0.39, 0.29) is 22.9 Å². The number of nitrogens with zero attached hydrogens (tertiary/aromatic N) is 5. The molecule has 0 aliphatic carbocycles. The molecule has 0 aliphatic rings. The van der Waals surface area contributed by atoms with E-state index in [0.29, 0.717) is 12.4 Å². The van der Waals surface area contributed by atoms with E-state index in [1.165, 1.54) is 16.8 Å². The molecule has 0 N–H and O–H groups in total. The van der Waals surface area contributed by atoms with Crippen molar-refractivity contribution in [3.05, 3.63) is 44.7 Å². The third-order valence-corrected chi connectivity index (χ3v) is 2.98. The molecule has 0 bridgehead atoms. The fourth-order valence-electron chi connectivity index (χ4n) is 1.75. The van der Waals surface area contributed by atoms with Crippen molar-refractivity contribution in [1.82, 2.24) is 20.2 Å². The predicted octanol–water partition coefficient (Wildman–Crippen LogP) is 2.00. The van der Waals surface area contributed by atoms with Gasteiger partial charge in [0.05, 0.1) is 4.92 Å². The topological polar surface area (TPSA) is 113 Å². The molecule has 10 heteroatoms. The smallest absolute Gasteiger partial charge is 0.345 e. The Morgan fingerprint density at radius 2 is 2.27 bits per heavy atom. The number of halogens is 1. The van der Waals surface area contributed by atoms with Crippen LogP contribution in [0.1, 0.15) is 29.5 Å². The highest BCUT2D eigenvalue weighted by Gasteiger charge is 2.22. The third kappa shape index (κ3) is 3.55. The molecule has 1 heterocycles. The van der Waals surface area contributed by atoms with Crippen LogP contribution in [0.2, 0.25) is 5.02 Å². The van der Waals surface area contributed by atoms with E-state index in [1.54, 1.807) is 0 Å². The molecule has 0 unspecified atom stereocenters. The highest BCUT2D eigenvalue weighted by molar-refractivity contribution is 6.31. The number of aromatic nitrogens is 4. The van der Waals surface area contributed by atoms with Crippen molar-refractivity contribution >= 4 is 23.3 Å². The standard InChI is InChI=1S/C12H12ClN5O4/c1-2-5-17-11(14-15-16-17)7-22-12(19)9-6-8(13)3-4-10(9)18(20)21/h3-4,6H,2,5,7H2,1H3. The third-order valence-electron chi connectivity index (χ3n) is 2.75. The molecular formula is C12H12ClN5O4. The molecule has 0 amide bonds. The van der Waals surface area contributed by atoms with E-state index >= 15 is 0 Å². The van der Waals surface area contributed by atoms with Gasteiger partial charge in [0.25, 0.3) is 5.69 Å². The number of hydrogen-bond donors (Lipinski definition) is 0. The number of rotatable bonds is 6. The Kier molecular flexibility index (Phi) is 4.99. The van der Waals surface area contributed by atoms with Gasteiger partial charge in [-0.05, 0) is 29.0 Å². The number of nitro benzene ring substituents is 1. The van der Waals surface area contributed by atoms with Crippen molar-refractivity contribution in [3.63, 3.8) is 0 Å². The highest BCUT2D eigenvalue weighted by atomic mass is 35.5.